The summed E-state index contributed by atoms with van der Waals surface area (Å²) in [5.74, 6) is -1.49. The Morgan fingerprint density at radius 3 is 2.40 bits per heavy atom. The zero-order valence-electron chi connectivity index (χ0n) is 24.8. The van der Waals surface area contributed by atoms with Crippen LogP contribution in [0.1, 0.15) is 55.6 Å². The maximum Gasteiger partial charge on any atom is 0.417 e. The molecular formula is C30H37F4N5O4. The van der Waals surface area contributed by atoms with E-state index in [-0.39, 0.29) is 48.9 Å². The van der Waals surface area contributed by atoms with E-state index in [1.54, 1.807) is 6.08 Å². The zero-order valence-corrected chi connectivity index (χ0v) is 24.8. The molecule has 4 rings (SSSR count). The van der Waals surface area contributed by atoms with Crippen LogP contribution in [0.15, 0.2) is 35.3 Å². The summed E-state index contributed by atoms with van der Waals surface area (Å²) in [5, 5.41) is 2.56. The van der Waals surface area contributed by atoms with Crippen LogP contribution in [0.3, 0.4) is 0 Å². The topological polar surface area (TPSA) is 98.0 Å². The second kappa shape index (κ2) is 12.8. The normalized spacial score (nSPS) is 19.8. The number of pyridine rings is 1. The number of piperazine rings is 1. The van der Waals surface area contributed by atoms with Crippen LogP contribution in [0.25, 0.3) is 5.57 Å². The Bertz CT molecular complexity index is 1440. The van der Waals surface area contributed by atoms with Crippen molar-refractivity contribution < 1.29 is 31.9 Å². The molecule has 1 aromatic heterocycles. The number of hydrogen-bond donors (Lipinski definition) is 2. The Labute approximate surface area is 247 Å². The molecule has 2 amide bonds. The van der Waals surface area contributed by atoms with Crippen molar-refractivity contribution in [2.75, 3.05) is 50.1 Å². The number of aromatic amines is 1. The number of halogens is 4. The number of benzene rings is 1. The van der Waals surface area contributed by atoms with E-state index < -0.39 is 40.7 Å². The molecule has 1 fully saturated rings. The molecule has 2 atom stereocenters. The lowest BCUT2D eigenvalue weighted by molar-refractivity contribution is -0.138. The van der Waals surface area contributed by atoms with Crippen LogP contribution in [0.2, 0.25) is 0 Å². The van der Waals surface area contributed by atoms with Gasteiger partial charge in [0, 0.05) is 56.1 Å². The number of carbonyl (C=O) groups excluding carboxylic acids is 2. The summed E-state index contributed by atoms with van der Waals surface area (Å²) >= 11 is 0. The Hall–Kier alpha value is -3.87. The van der Waals surface area contributed by atoms with E-state index in [9.17, 15) is 27.6 Å². The fourth-order valence-electron chi connectivity index (χ4n) is 5.26. The molecule has 13 heteroatoms. The van der Waals surface area contributed by atoms with Crippen molar-refractivity contribution in [1.29, 1.82) is 0 Å². The van der Waals surface area contributed by atoms with Gasteiger partial charge in [-0.15, -0.1) is 0 Å². The largest absolute Gasteiger partial charge is 0.449 e. The standard InChI is InChI=1S/C30H37F4N5O4/c1-17(2)16-43-29(42)38-8-6-20(7-9-38)21-10-25(26(12-24(21)31)39-14-18(3)37(5)19(4)15-39)36-28(41)22-13-35-27(40)11-23(22)30(32,33)34/h6,10-13,17-19H,7-9,14-16H2,1-5H3,(H,35,40)(H,36,41). The Kier molecular flexibility index (Phi) is 9.53. The van der Waals surface area contributed by atoms with Gasteiger partial charge < -0.3 is 24.8 Å². The summed E-state index contributed by atoms with van der Waals surface area (Å²) in [5.41, 5.74) is -1.93. The number of rotatable bonds is 6. The number of hydrogen-bond acceptors (Lipinski definition) is 6. The van der Waals surface area contributed by atoms with Crippen LogP contribution in [-0.2, 0) is 10.9 Å². The summed E-state index contributed by atoms with van der Waals surface area (Å²) in [4.78, 5) is 45.0. The Morgan fingerprint density at radius 1 is 1.14 bits per heavy atom. The van der Waals surface area contributed by atoms with Crippen molar-refractivity contribution >= 4 is 28.9 Å². The van der Waals surface area contributed by atoms with E-state index in [1.807, 2.05) is 39.6 Å². The highest BCUT2D eigenvalue weighted by atomic mass is 19.4. The summed E-state index contributed by atoms with van der Waals surface area (Å²) in [7, 11) is 1.98. The number of H-pyrrole nitrogens is 1. The number of aromatic nitrogens is 1. The molecule has 9 nitrogen and oxygen atoms in total. The maximum absolute atomic E-state index is 15.7. The van der Waals surface area contributed by atoms with Crippen LogP contribution in [0.5, 0.6) is 0 Å². The highest BCUT2D eigenvalue weighted by molar-refractivity contribution is 6.07. The molecule has 0 spiro atoms. The molecule has 2 N–H and O–H groups in total. The second-order valence-corrected chi connectivity index (χ2v) is 11.6. The summed E-state index contributed by atoms with van der Waals surface area (Å²) < 4.78 is 62.2. The van der Waals surface area contributed by atoms with E-state index in [1.165, 1.54) is 17.0 Å². The first-order valence-corrected chi connectivity index (χ1v) is 14.2. The van der Waals surface area contributed by atoms with Crippen molar-refractivity contribution in [3.63, 3.8) is 0 Å². The molecule has 1 saturated heterocycles. The number of carbonyl (C=O) groups is 2. The van der Waals surface area contributed by atoms with Gasteiger partial charge in [-0.25, -0.2) is 9.18 Å². The summed E-state index contributed by atoms with van der Waals surface area (Å²) in [6.45, 7) is 9.60. The third kappa shape index (κ3) is 7.38. The average molecular weight is 608 g/mol. The van der Waals surface area contributed by atoms with Crippen molar-refractivity contribution in [2.24, 2.45) is 5.92 Å². The van der Waals surface area contributed by atoms with Gasteiger partial charge in [0.15, 0.2) is 0 Å². The number of ether oxygens (including phenoxy) is 1. The van der Waals surface area contributed by atoms with Gasteiger partial charge >= 0.3 is 12.3 Å². The van der Waals surface area contributed by atoms with Gasteiger partial charge in [0.2, 0.25) is 5.56 Å². The summed E-state index contributed by atoms with van der Waals surface area (Å²) in [6.07, 6.45) is -2.68. The van der Waals surface area contributed by atoms with E-state index >= 15 is 4.39 Å². The third-order valence-corrected chi connectivity index (χ3v) is 7.86. The fraction of sp³-hybridized carbons (Fsp3) is 0.500. The quantitative estimate of drug-likeness (QED) is 0.439. The molecule has 0 radical (unpaired) electrons. The van der Waals surface area contributed by atoms with Crippen LogP contribution in [0, 0.1) is 11.7 Å². The lowest BCUT2D eigenvalue weighted by Crippen LogP contribution is -2.55. The van der Waals surface area contributed by atoms with E-state index in [2.05, 4.69) is 15.2 Å². The monoisotopic (exact) mass is 607 g/mol. The van der Waals surface area contributed by atoms with Crippen LogP contribution in [-0.4, -0.2) is 78.7 Å². The molecule has 1 aromatic carbocycles. The first kappa shape index (κ1) is 32.1. The molecular weight excluding hydrogens is 570 g/mol. The molecule has 2 unspecified atom stereocenters. The Morgan fingerprint density at radius 2 is 1.81 bits per heavy atom. The van der Waals surface area contributed by atoms with Crippen LogP contribution < -0.4 is 15.8 Å². The van der Waals surface area contributed by atoms with E-state index in [4.69, 9.17) is 4.74 Å². The smallest absolute Gasteiger partial charge is 0.417 e. The minimum atomic E-state index is -4.95. The first-order chi connectivity index (χ1) is 20.1. The molecule has 234 valence electrons. The lowest BCUT2D eigenvalue weighted by atomic mass is 9.97. The highest BCUT2D eigenvalue weighted by Crippen LogP contribution is 2.37. The van der Waals surface area contributed by atoms with E-state index in [0.29, 0.717) is 36.8 Å². The minimum absolute atomic E-state index is 0.0774. The molecule has 2 aliphatic rings. The number of likely N-dealkylation sites (N-methyl/N-ethyl adjacent to an activating group) is 1. The van der Waals surface area contributed by atoms with Gasteiger partial charge in [-0.3, -0.25) is 14.5 Å². The minimum Gasteiger partial charge on any atom is -0.449 e. The van der Waals surface area contributed by atoms with Crippen molar-refractivity contribution in [2.45, 2.75) is 52.4 Å². The van der Waals surface area contributed by atoms with Crippen molar-refractivity contribution in [3.8, 4) is 0 Å². The highest BCUT2D eigenvalue weighted by Gasteiger charge is 2.36. The van der Waals surface area contributed by atoms with E-state index in [0.717, 1.165) is 6.20 Å². The predicted molar refractivity (Wildman–Crippen MR) is 156 cm³/mol. The molecule has 2 aliphatic heterocycles. The van der Waals surface area contributed by atoms with Gasteiger partial charge in [0.05, 0.1) is 29.1 Å². The second-order valence-electron chi connectivity index (χ2n) is 11.6. The summed E-state index contributed by atoms with van der Waals surface area (Å²) in [6, 6.07) is 3.20. The predicted octanol–water partition coefficient (Wildman–Crippen LogP) is 5.20. The number of alkyl halides is 3. The molecule has 3 heterocycles. The third-order valence-electron chi connectivity index (χ3n) is 7.86. The molecule has 0 bridgehead atoms. The zero-order chi connectivity index (χ0) is 31.6. The first-order valence-electron chi connectivity index (χ1n) is 14.2. The maximum atomic E-state index is 15.7. The van der Waals surface area contributed by atoms with Gasteiger partial charge in [-0.05, 0) is 50.9 Å². The van der Waals surface area contributed by atoms with Crippen LogP contribution >= 0.6 is 0 Å². The molecule has 0 saturated carbocycles. The number of amides is 2. The average Bonchev–Trinajstić information content (AvgIpc) is 2.94. The van der Waals surface area contributed by atoms with Gasteiger partial charge in [-0.2, -0.15) is 13.2 Å². The number of nitrogens with one attached hydrogen (secondary N) is 2. The van der Waals surface area contributed by atoms with Gasteiger partial charge in [0.25, 0.3) is 5.91 Å². The molecule has 2 aromatic rings. The molecule has 0 aliphatic carbocycles. The van der Waals surface area contributed by atoms with Crippen molar-refractivity contribution in [3.05, 3.63) is 63.3 Å². The van der Waals surface area contributed by atoms with Gasteiger partial charge in [0.1, 0.15) is 5.82 Å². The fourth-order valence-corrected chi connectivity index (χ4v) is 5.26. The van der Waals surface area contributed by atoms with Crippen LogP contribution in [0.4, 0.5) is 33.7 Å². The number of anilines is 2. The Balaban J connectivity index is 1.70. The lowest BCUT2D eigenvalue weighted by Gasteiger charge is -2.44. The number of nitrogens with zero attached hydrogens (tertiary/aromatic N) is 3. The van der Waals surface area contributed by atoms with Gasteiger partial charge in [-0.1, -0.05) is 19.9 Å². The molecule has 43 heavy (non-hydrogen) atoms. The SMILES string of the molecule is CC(C)COC(=O)N1CC=C(c2cc(NC(=O)c3c[nH]c(=O)cc3C(F)(F)F)c(N3CC(C)N(C)C(C)C3)cc2F)CC1. The van der Waals surface area contributed by atoms with Crippen molar-refractivity contribution in [1.82, 2.24) is 14.8 Å².